The highest BCUT2D eigenvalue weighted by atomic mass is 35.5. The summed E-state index contributed by atoms with van der Waals surface area (Å²) < 4.78 is 19.8. The number of carbonyl (C=O) groups is 2. The molecule has 0 spiro atoms. The predicted octanol–water partition coefficient (Wildman–Crippen LogP) is 5.15. The number of ether oxygens (including phenoxy) is 1. The lowest BCUT2D eigenvalue weighted by molar-refractivity contribution is -0.137. The van der Waals surface area contributed by atoms with E-state index in [0.29, 0.717) is 10.6 Å². The summed E-state index contributed by atoms with van der Waals surface area (Å²) in [6.07, 6.45) is -0.387. The second kappa shape index (κ2) is 9.76. The van der Waals surface area contributed by atoms with Crippen molar-refractivity contribution in [3.8, 4) is 17.0 Å². The first kappa shape index (κ1) is 22.5. The number of benzene rings is 2. The van der Waals surface area contributed by atoms with Gasteiger partial charge in [-0.05, 0) is 35.9 Å². The van der Waals surface area contributed by atoms with E-state index in [1.165, 1.54) is 31.4 Å². The molecule has 6 nitrogen and oxygen atoms in total. The van der Waals surface area contributed by atoms with Crippen LogP contribution < -0.4 is 10.1 Å². The number of hydrogen-bond donors (Lipinski definition) is 2. The number of rotatable bonds is 7. The SMILES string of the molecule is COc1ccc(C(=O)NC(CC(=O)O)c2ccccc2Cl)nc1-c1cccc(Cl)c1F. The first-order valence-electron chi connectivity index (χ1n) is 9.08. The fraction of sp³-hybridized carbons (Fsp3) is 0.136. The molecule has 1 heterocycles. The monoisotopic (exact) mass is 462 g/mol. The van der Waals surface area contributed by atoms with E-state index in [1.54, 1.807) is 30.3 Å². The Bertz CT molecular complexity index is 1140. The van der Waals surface area contributed by atoms with Crippen molar-refractivity contribution in [2.45, 2.75) is 12.5 Å². The van der Waals surface area contributed by atoms with Crippen molar-refractivity contribution in [3.05, 3.63) is 81.7 Å². The summed E-state index contributed by atoms with van der Waals surface area (Å²) in [5.41, 5.74) is 0.544. The minimum absolute atomic E-state index is 0.0578. The lowest BCUT2D eigenvalue weighted by Gasteiger charge is -2.19. The van der Waals surface area contributed by atoms with Crippen LogP contribution in [0.4, 0.5) is 4.39 Å². The van der Waals surface area contributed by atoms with Crippen molar-refractivity contribution in [1.29, 1.82) is 0 Å². The number of aromatic nitrogens is 1. The van der Waals surface area contributed by atoms with Gasteiger partial charge in [0, 0.05) is 10.6 Å². The quantitative estimate of drug-likeness (QED) is 0.506. The standard InChI is InChI=1S/C22H17Cl2FN2O4/c1-31-18-10-9-16(26-21(18)13-6-4-8-15(24)20(13)25)22(30)27-17(11-19(28)29)12-5-2-3-7-14(12)23/h2-10,17H,11H2,1H3,(H,27,30)(H,28,29). The highest BCUT2D eigenvalue weighted by molar-refractivity contribution is 6.31. The predicted molar refractivity (Wildman–Crippen MR) is 115 cm³/mol. The topological polar surface area (TPSA) is 88.5 Å². The molecule has 0 fully saturated rings. The molecule has 1 atom stereocenters. The van der Waals surface area contributed by atoms with Gasteiger partial charge in [0.1, 0.15) is 17.1 Å². The third kappa shape index (κ3) is 5.13. The maximum absolute atomic E-state index is 14.5. The molecule has 1 unspecified atom stereocenters. The Labute approximate surface area is 187 Å². The molecule has 0 aliphatic carbocycles. The number of aliphatic carboxylic acids is 1. The molecule has 0 saturated heterocycles. The number of methoxy groups -OCH3 is 1. The molecule has 1 amide bonds. The van der Waals surface area contributed by atoms with Crippen molar-refractivity contribution >= 4 is 35.1 Å². The first-order valence-corrected chi connectivity index (χ1v) is 9.84. The largest absolute Gasteiger partial charge is 0.494 e. The zero-order valence-electron chi connectivity index (χ0n) is 16.2. The van der Waals surface area contributed by atoms with Crippen molar-refractivity contribution in [2.75, 3.05) is 7.11 Å². The number of amides is 1. The summed E-state index contributed by atoms with van der Waals surface area (Å²) in [6, 6.07) is 13.0. The third-order valence-electron chi connectivity index (χ3n) is 4.48. The van der Waals surface area contributed by atoms with E-state index in [1.807, 2.05) is 0 Å². The Kier molecular flexibility index (Phi) is 7.09. The molecule has 160 valence electrons. The summed E-state index contributed by atoms with van der Waals surface area (Å²) in [4.78, 5) is 28.5. The molecule has 31 heavy (non-hydrogen) atoms. The average Bonchev–Trinajstić information content (AvgIpc) is 2.74. The van der Waals surface area contributed by atoms with Gasteiger partial charge >= 0.3 is 5.97 Å². The molecule has 3 aromatic rings. The van der Waals surface area contributed by atoms with Crippen LogP contribution in [0.5, 0.6) is 5.75 Å². The number of pyridine rings is 1. The number of hydrogen-bond acceptors (Lipinski definition) is 4. The lowest BCUT2D eigenvalue weighted by Crippen LogP contribution is -2.31. The highest BCUT2D eigenvalue weighted by Gasteiger charge is 2.23. The van der Waals surface area contributed by atoms with Crippen LogP contribution in [-0.2, 0) is 4.79 Å². The summed E-state index contributed by atoms with van der Waals surface area (Å²) in [5, 5.41) is 12.1. The average molecular weight is 463 g/mol. The third-order valence-corrected chi connectivity index (χ3v) is 5.12. The van der Waals surface area contributed by atoms with E-state index in [2.05, 4.69) is 10.3 Å². The van der Waals surface area contributed by atoms with Crippen LogP contribution in [0.25, 0.3) is 11.3 Å². The molecule has 0 bridgehead atoms. The maximum atomic E-state index is 14.5. The van der Waals surface area contributed by atoms with Gasteiger partial charge < -0.3 is 15.2 Å². The number of carboxylic acids is 1. The molecular weight excluding hydrogens is 446 g/mol. The van der Waals surface area contributed by atoms with Gasteiger partial charge in [0.2, 0.25) is 0 Å². The van der Waals surface area contributed by atoms with Crippen molar-refractivity contribution in [1.82, 2.24) is 10.3 Å². The summed E-state index contributed by atoms with van der Waals surface area (Å²) >= 11 is 12.0. The van der Waals surface area contributed by atoms with Gasteiger partial charge in [0.15, 0.2) is 5.82 Å². The normalized spacial score (nSPS) is 11.6. The van der Waals surface area contributed by atoms with Crippen molar-refractivity contribution in [2.24, 2.45) is 0 Å². The Balaban J connectivity index is 1.98. The van der Waals surface area contributed by atoms with Crippen LogP contribution in [0, 0.1) is 5.82 Å². The molecule has 0 aliphatic heterocycles. The van der Waals surface area contributed by atoms with Gasteiger partial charge in [-0.25, -0.2) is 9.37 Å². The number of carboxylic acid groups (broad SMARTS) is 1. The molecule has 9 heteroatoms. The Morgan fingerprint density at radius 1 is 1.10 bits per heavy atom. The van der Waals surface area contributed by atoms with Gasteiger partial charge in [0.05, 0.1) is 24.6 Å². The van der Waals surface area contributed by atoms with E-state index in [4.69, 9.17) is 27.9 Å². The molecule has 0 saturated carbocycles. The molecule has 0 aliphatic rings. The van der Waals surface area contributed by atoms with Crippen LogP contribution in [-0.4, -0.2) is 29.1 Å². The van der Waals surface area contributed by atoms with Crippen molar-refractivity contribution < 1.29 is 23.8 Å². The summed E-state index contributed by atoms with van der Waals surface area (Å²) in [7, 11) is 1.39. The fourth-order valence-electron chi connectivity index (χ4n) is 3.02. The fourth-order valence-corrected chi connectivity index (χ4v) is 3.46. The van der Waals surface area contributed by atoms with Gasteiger partial charge in [0.25, 0.3) is 5.91 Å². The maximum Gasteiger partial charge on any atom is 0.305 e. The minimum Gasteiger partial charge on any atom is -0.494 e. The van der Waals surface area contributed by atoms with Crippen molar-refractivity contribution in [3.63, 3.8) is 0 Å². The van der Waals surface area contributed by atoms with Gasteiger partial charge in [-0.15, -0.1) is 0 Å². The van der Waals surface area contributed by atoms with Crippen LogP contribution in [0.15, 0.2) is 54.6 Å². The molecule has 2 N–H and O–H groups in total. The second-order valence-corrected chi connectivity index (χ2v) is 7.31. The zero-order chi connectivity index (χ0) is 22.5. The molecular formula is C22H17Cl2FN2O4. The highest BCUT2D eigenvalue weighted by Crippen LogP contribution is 2.33. The van der Waals surface area contributed by atoms with E-state index in [9.17, 15) is 19.1 Å². The number of nitrogens with zero attached hydrogens (tertiary/aromatic N) is 1. The van der Waals surface area contributed by atoms with Crippen LogP contribution >= 0.6 is 23.2 Å². The number of carbonyl (C=O) groups excluding carboxylic acids is 1. The van der Waals surface area contributed by atoms with E-state index >= 15 is 0 Å². The number of nitrogens with one attached hydrogen (secondary N) is 1. The summed E-state index contributed by atoms with van der Waals surface area (Å²) in [6.45, 7) is 0. The second-order valence-electron chi connectivity index (χ2n) is 6.49. The Morgan fingerprint density at radius 3 is 2.48 bits per heavy atom. The van der Waals surface area contributed by atoms with Crippen LogP contribution in [0.2, 0.25) is 10.0 Å². The lowest BCUT2D eigenvalue weighted by atomic mass is 10.0. The molecule has 2 aromatic carbocycles. The molecule has 3 rings (SSSR count). The molecule has 1 aromatic heterocycles. The number of halogens is 3. The molecule has 0 radical (unpaired) electrons. The van der Waals surface area contributed by atoms with E-state index < -0.39 is 23.7 Å². The Morgan fingerprint density at radius 2 is 1.81 bits per heavy atom. The van der Waals surface area contributed by atoms with Crippen LogP contribution in [0.3, 0.4) is 0 Å². The Hall–Kier alpha value is -3.16. The first-order chi connectivity index (χ1) is 14.8. The van der Waals surface area contributed by atoms with E-state index in [-0.39, 0.29) is 34.1 Å². The zero-order valence-corrected chi connectivity index (χ0v) is 17.7. The van der Waals surface area contributed by atoms with Crippen LogP contribution in [0.1, 0.15) is 28.5 Å². The van der Waals surface area contributed by atoms with Gasteiger partial charge in [-0.2, -0.15) is 0 Å². The minimum atomic E-state index is -1.12. The smallest absolute Gasteiger partial charge is 0.305 e. The van der Waals surface area contributed by atoms with E-state index in [0.717, 1.165) is 0 Å². The summed E-state index contributed by atoms with van der Waals surface area (Å²) in [5.74, 6) is -2.23. The van der Waals surface area contributed by atoms with Gasteiger partial charge in [-0.1, -0.05) is 47.5 Å². The van der Waals surface area contributed by atoms with Gasteiger partial charge in [-0.3, -0.25) is 9.59 Å².